The Morgan fingerprint density at radius 3 is 2.84 bits per heavy atom. The van der Waals surface area contributed by atoms with E-state index in [1.54, 1.807) is 6.08 Å². The lowest BCUT2D eigenvalue weighted by Crippen LogP contribution is -2.45. The Balaban J connectivity index is 1.81. The standard InChI is InChI=1S/C21H25FO3/c1-20-8-6-15-13(14(20)3-4-16(20)19(25)11-23)10-18(22)17-9-12(24)5-7-21(15,17)2/h5-7,9,13-14,18,23,25H,3-4,8,10-11H2,1-2H3/b19-16-/t13-,14-,18-,20-,21+/m0/s1. The zero-order valence-corrected chi connectivity index (χ0v) is 14.8. The largest absolute Gasteiger partial charge is 0.510 e. The highest BCUT2D eigenvalue weighted by atomic mass is 19.1. The molecular formula is C21H25FO3. The first-order chi connectivity index (χ1) is 11.8. The van der Waals surface area contributed by atoms with Gasteiger partial charge in [-0.25, -0.2) is 4.39 Å². The predicted molar refractivity (Wildman–Crippen MR) is 93.6 cm³/mol. The number of ketones is 1. The molecule has 0 aromatic carbocycles. The molecule has 134 valence electrons. The van der Waals surface area contributed by atoms with E-state index in [0.29, 0.717) is 12.0 Å². The van der Waals surface area contributed by atoms with Crippen LogP contribution in [0.3, 0.4) is 0 Å². The first-order valence-electron chi connectivity index (χ1n) is 9.13. The minimum absolute atomic E-state index is 0.0874. The van der Waals surface area contributed by atoms with E-state index >= 15 is 4.39 Å². The van der Waals surface area contributed by atoms with Crippen LogP contribution in [-0.2, 0) is 4.79 Å². The van der Waals surface area contributed by atoms with Crippen LogP contribution in [-0.4, -0.2) is 28.8 Å². The highest BCUT2D eigenvalue weighted by molar-refractivity contribution is 6.01. The predicted octanol–water partition coefficient (Wildman–Crippen LogP) is 3.97. The summed E-state index contributed by atoms with van der Waals surface area (Å²) in [5.74, 6) is 0.329. The first-order valence-corrected chi connectivity index (χ1v) is 9.13. The van der Waals surface area contributed by atoms with Gasteiger partial charge in [0.15, 0.2) is 5.78 Å². The Morgan fingerprint density at radius 1 is 1.36 bits per heavy atom. The molecule has 0 aromatic heterocycles. The number of alkyl halides is 1. The van der Waals surface area contributed by atoms with Crippen LogP contribution in [0.25, 0.3) is 0 Å². The summed E-state index contributed by atoms with van der Waals surface area (Å²) in [6.45, 7) is 3.83. The molecule has 5 atom stereocenters. The fourth-order valence-electron chi connectivity index (χ4n) is 5.92. The number of hydrogen-bond donors (Lipinski definition) is 2. The molecule has 4 heteroatoms. The third-order valence-corrected chi connectivity index (χ3v) is 7.22. The van der Waals surface area contributed by atoms with Crippen molar-refractivity contribution in [3.05, 3.63) is 46.8 Å². The van der Waals surface area contributed by atoms with Crippen LogP contribution in [0.1, 0.15) is 39.5 Å². The number of hydrogen-bond acceptors (Lipinski definition) is 3. The highest BCUT2D eigenvalue weighted by Crippen LogP contribution is 2.64. The summed E-state index contributed by atoms with van der Waals surface area (Å²) in [7, 11) is 0. The average Bonchev–Trinajstić information content (AvgIpc) is 2.93. The second-order valence-corrected chi connectivity index (χ2v) is 8.36. The Kier molecular flexibility index (Phi) is 3.63. The number of fused-ring (bicyclic) bond motifs is 5. The zero-order valence-electron chi connectivity index (χ0n) is 14.8. The number of carbonyl (C=O) groups is 1. The summed E-state index contributed by atoms with van der Waals surface area (Å²) in [6, 6.07) is 0. The van der Waals surface area contributed by atoms with Crippen molar-refractivity contribution in [2.24, 2.45) is 22.7 Å². The Bertz CT molecular complexity index is 759. The van der Waals surface area contributed by atoms with E-state index < -0.39 is 11.6 Å². The second kappa shape index (κ2) is 5.41. The van der Waals surface area contributed by atoms with E-state index in [2.05, 4.69) is 13.0 Å². The van der Waals surface area contributed by atoms with Crippen LogP contribution in [0.2, 0.25) is 0 Å². The number of halogens is 1. The van der Waals surface area contributed by atoms with Crippen LogP contribution in [0.15, 0.2) is 46.8 Å². The van der Waals surface area contributed by atoms with Crippen LogP contribution in [0, 0.1) is 22.7 Å². The average molecular weight is 344 g/mol. The number of rotatable bonds is 1. The van der Waals surface area contributed by atoms with E-state index in [4.69, 9.17) is 0 Å². The molecule has 4 rings (SSSR count). The maximum Gasteiger partial charge on any atom is 0.178 e. The number of allylic oxidation sites excluding steroid dienone is 7. The number of aliphatic hydroxyl groups is 2. The molecule has 0 radical (unpaired) electrons. The molecule has 0 saturated heterocycles. The van der Waals surface area contributed by atoms with Crippen molar-refractivity contribution in [1.82, 2.24) is 0 Å². The third kappa shape index (κ3) is 2.16. The van der Waals surface area contributed by atoms with Crippen molar-refractivity contribution >= 4 is 5.78 Å². The summed E-state index contributed by atoms with van der Waals surface area (Å²) in [5.41, 5.74) is 2.03. The van der Waals surface area contributed by atoms with Gasteiger partial charge in [0.1, 0.15) is 18.5 Å². The molecule has 0 aliphatic heterocycles. The van der Waals surface area contributed by atoms with E-state index in [-0.39, 0.29) is 35.4 Å². The van der Waals surface area contributed by atoms with Gasteiger partial charge in [0.2, 0.25) is 0 Å². The third-order valence-electron chi connectivity index (χ3n) is 7.22. The van der Waals surface area contributed by atoms with Gasteiger partial charge >= 0.3 is 0 Å². The van der Waals surface area contributed by atoms with Crippen molar-refractivity contribution in [3.8, 4) is 0 Å². The van der Waals surface area contributed by atoms with Gasteiger partial charge in [-0.05, 0) is 73.2 Å². The topological polar surface area (TPSA) is 57.5 Å². The maximum atomic E-state index is 15.0. The molecule has 0 aromatic rings. The molecule has 2 saturated carbocycles. The van der Waals surface area contributed by atoms with Crippen LogP contribution >= 0.6 is 0 Å². The van der Waals surface area contributed by atoms with Gasteiger partial charge in [-0.15, -0.1) is 0 Å². The zero-order chi connectivity index (χ0) is 18.0. The van der Waals surface area contributed by atoms with Gasteiger partial charge in [-0.3, -0.25) is 4.79 Å². The molecule has 0 amide bonds. The van der Waals surface area contributed by atoms with Crippen LogP contribution in [0.4, 0.5) is 4.39 Å². The highest BCUT2D eigenvalue weighted by Gasteiger charge is 2.56. The van der Waals surface area contributed by atoms with E-state index in [1.165, 1.54) is 11.6 Å². The maximum absolute atomic E-state index is 15.0. The van der Waals surface area contributed by atoms with Gasteiger partial charge < -0.3 is 10.2 Å². The minimum Gasteiger partial charge on any atom is -0.510 e. The molecule has 0 heterocycles. The summed E-state index contributed by atoms with van der Waals surface area (Å²) >= 11 is 0. The van der Waals surface area contributed by atoms with Crippen molar-refractivity contribution in [1.29, 1.82) is 0 Å². The number of aliphatic hydroxyl groups excluding tert-OH is 2. The fourth-order valence-corrected chi connectivity index (χ4v) is 5.92. The Labute approximate surface area is 147 Å². The molecule has 2 N–H and O–H groups in total. The number of carbonyl (C=O) groups excluding carboxylic acids is 1. The summed E-state index contributed by atoms with van der Waals surface area (Å²) < 4.78 is 15.0. The van der Waals surface area contributed by atoms with E-state index in [0.717, 1.165) is 24.8 Å². The quantitative estimate of drug-likeness (QED) is 0.559. The molecule has 4 aliphatic rings. The lowest BCUT2D eigenvalue weighted by molar-refractivity contribution is -0.110. The second-order valence-electron chi connectivity index (χ2n) is 8.36. The molecule has 4 aliphatic carbocycles. The smallest absolute Gasteiger partial charge is 0.178 e. The van der Waals surface area contributed by atoms with E-state index in [9.17, 15) is 15.0 Å². The van der Waals surface area contributed by atoms with Crippen LogP contribution < -0.4 is 0 Å². The molecule has 0 bridgehead atoms. The van der Waals surface area contributed by atoms with Crippen molar-refractivity contribution in [2.45, 2.75) is 45.7 Å². The van der Waals surface area contributed by atoms with Gasteiger partial charge in [-0.2, -0.15) is 0 Å². The lowest BCUT2D eigenvalue weighted by atomic mass is 9.52. The van der Waals surface area contributed by atoms with Crippen molar-refractivity contribution in [3.63, 3.8) is 0 Å². The van der Waals surface area contributed by atoms with Gasteiger partial charge in [0, 0.05) is 5.41 Å². The van der Waals surface area contributed by atoms with E-state index in [1.807, 2.05) is 13.0 Å². The summed E-state index contributed by atoms with van der Waals surface area (Å²) in [5, 5.41) is 19.5. The summed E-state index contributed by atoms with van der Waals surface area (Å²) in [4.78, 5) is 11.7. The van der Waals surface area contributed by atoms with Gasteiger partial charge in [-0.1, -0.05) is 24.6 Å². The molecule has 0 spiro atoms. The van der Waals surface area contributed by atoms with Crippen molar-refractivity contribution in [2.75, 3.05) is 6.61 Å². The molecule has 3 nitrogen and oxygen atoms in total. The Hall–Kier alpha value is -1.68. The molecule has 2 fully saturated rings. The lowest BCUT2D eigenvalue weighted by Gasteiger charge is -2.52. The summed E-state index contributed by atoms with van der Waals surface area (Å²) in [6.07, 6.45) is 8.86. The SMILES string of the molecule is C[C@]12C=CC(=O)C=C1[C@@H](F)C[C@@H]1C2=CC[C@]2(C)/C(=C(\O)CO)CC[C@@H]12. The van der Waals surface area contributed by atoms with Gasteiger partial charge in [0.25, 0.3) is 0 Å². The normalized spacial score (nSPS) is 44.5. The Morgan fingerprint density at radius 2 is 2.12 bits per heavy atom. The van der Waals surface area contributed by atoms with Gasteiger partial charge in [0.05, 0.1) is 0 Å². The first kappa shape index (κ1) is 16.8. The molecule has 0 unspecified atom stereocenters. The monoisotopic (exact) mass is 344 g/mol. The fraction of sp³-hybridized carbons (Fsp3) is 0.571. The van der Waals surface area contributed by atoms with Crippen molar-refractivity contribution < 1.29 is 19.4 Å². The minimum atomic E-state index is -1.11. The molecule has 25 heavy (non-hydrogen) atoms. The molecular weight excluding hydrogens is 319 g/mol. The van der Waals surface area contributed by atoms with Crippen LogP contribution in [0.5, 0.6) is 0 Å².